The van der Waals surface area contributed by atoms with E-state index in [1.165, 1.54) is 11.8 Å². The first-order valence-electron chi connectivity index (χ1n) is 8.97. The van der Waals surface area contributed by atoms with Gasteiger partial charge >= 0.3 is 0 Å². The summed E-state index contributed by atoms with van der Waals surface area (Å²) >= 11 is 1.36. The minimum absolute atomic E-state index is 0.0762. The van der Waals surface area contributed by atoms with Gasteiger partial charge in [-0.1, -0.05) is 48.2 Å². The molecule has 1 amide bonds. The molecule has 0 aliphatic heterocycles. The van der Waals surface area contributed by atoms with Crippen LogP contribution in [-0.2, 0) is 17.9 Å². The molecular formula is C21H23N5OS. The first-order valence-corrected chi connectivity index (χ1v) is 9.95. The van der Waals surface area contributed by atoms with E-state index in [0.29, 0.717) is 18.2 Å². The van der Waals surface area contributed by atoms with Crippen LogP contribution in [0.4, 0.5) is 11.4 Å². The van der Waals surface area contributed by atoms with Crippen LogP contribution in [0.5, 0.6) is 0 Å². The van der Waals surface area contributed by atoms with Crippen molar-refractivity contribution in [3.05, 3.63) is 78.6 Å². The standard InChI is InChI=1S/C21H23N5OS/c1-3-12-26-19(14-22-17-9-5-4-6-10-17)24-25-21(26)28-15-20(27)23-18-11-7-8-16(2)13-18/h3-11,13,22H,1,12,14-15H2,2H3,(H,23,27). The Labute approximate surface area is 169 Å². The predicted octanol–water partition coefficient (Wildman–Crippen LogP) is 4.12. The molecule has 28 heavy (non-hydrogen) atoms. The van der Waals surface area contributed by atoms with Crippen LogP contribution in [0, 0.1) is 6.92 Å². The fraction of sp³-hybridized carbons (Fsp3) is 0.190. The number of aromatic nitrogens is 3. The zero-order valence-electron chi connectivity index (χ0n) is 15.8. The number of nitrogens with one attached hydrogen (secondary N) is 2. The number of benzene rings is 2. The predicted molar refractivity (Wildman–Crippen MR) is 115 cm³/mol. The Morgan fingerprint density at radius 3 is 2.68 bits per heavy atom. The third-order valence-corrected chi connectivity index (χ3v) is 4.93. The average molecular weight is 394 g/mol. The van der Waals surface area contributed by atoms with Crippen molar-refractivity contribution in [2.45, 2.75) is 25.2 Å². The Balaban J connectivity index is 1.60. The molecule has 0 aliphatic rings. The summed E-state index contributed by atoms with van der Waals surface area (Å²) in [4.78, 5) is 12.3. The van der Waals surface area contributed by atoms with Gasteiger partial charge in [0.1, 0.15) is 0 Å². The highest BCUT2D eigenvalue weighted by molar-refractivity contribution is 7.99. The third kappa shape index (κ3) is 5.47. The molecule has 1 heterocycles. The molecule has 3 rings (SSSR count). The number of carbonyl (C=O) groups is 1. The van der Waals surface area contributed by atoms with Crippen LogP contribution in [0.25, 0.3) is 0 Å². The lowest BCUT2D eigenvalue weighted by Crippen LogP contribution is -2.15. The Morgan fingerprint density at radius 1 is 1.14 bits per heavy atom. The summed E-state index contributed by atoms with van der Waals surface area (Å²) in [5, 5.41) is 15.5. The fourth-order valence-electron chi connectivity index (χ4n) is 2.66. The van der Waals surface area contributed by atoms with Crippen molar-refractivity contribution in [3.63, 3.8) is 0 Å². The Bertz CT molecular complexity index is 939. The molecule has 0 saturated heterocycles. The van der Waals surface area contributed by atoms with E-state index in [2.05, 4.69) is 27.4 Å². The molecule has 6 nitrogen and oxygen atoms in total. The van der Waals surface area contributed by atoms with E-state index < -0.39 is 0 Å². The first-order chi connectivity index (χ1) is 13.7. The summed E-state index contributed by atoms with van der Waals surface area (Å²) in [7, 11) is 0. The summed E-state index contributed by atoms with van der Waals surface area (Å²) < 4.78 is 1.97. The highest BCUT2D eigenvalue weighted by Crippen LogP contribution is 2.19. The molecule has 2 N–H and O–H groups in total. The SMILES string of the molecule is C=CCn1c(CNc2ccccc2)nnc1SCC(=O)Nc1cccc(C)c1. The summed E-state index contributed by atoms with van der Waals surface area (Å²) in [5.41, 5.74) is 2.92. The van der Waals surface area contributed by atoms with E-state index in [9.17, 15) is 4.79 Å². The van der Waals surface area contributed by atoms with Gasteiger partial charge in [0.15, 0.2) is 11.0 Å². The molecule has 144 valence electrons. The minimum Gasteiger partial charge on any atom is -0.378 e. The zero-order valence-corrected chi connectivity index (χ0v) is 16.6. The summed E-state index contributed by atoms with van der Waals surface area (Å²) in [6.45, 7) is 6.93. The second kappa shape index (κ2) is 9.75. The van der Waals surface area contributed by atoms with Crippen molar-refractivity contribution in [1.82, 2.24) is 14.8 Å². The van der Waals surface area contributed by atoms with Gasteiger partial charge in [0.25, 0.3) is 0 Å². The molecule has 0 atom stereocenters. The lowest BCUT2D eigenvalue weighted by atomic mass is 10.2. The van der Waals surface area contributed by atoms with Crippen molar-refractivity contribution in [1.29, 1.82) is 0 Å². The number of hydrogen-bond acceptors (Lipinski definition) is 5. The quantitative estimate of drug-likeness (QED) is 0.423. The molecule has 0 fully saturated rings. The minimum atomic E-state index is -0.0762. The first kappa shape index (κ1) is 19.7. The molecule has 0 aliphatic carbocycles. The van der Waals surface area contributed by atoms with E-state index in [0.717, 1.165) is 22.8 Å². The van der Waals surface area contributed by atoms with E-state index in [1.807, 2.05) is 66.1 Å². The van der Waals surface area contributed by atoms with Crippen LogP contribution in [0.15, 0.2) is 72.4 Å². The van der Waals surface area contributed by atoms with E-state index >= 15 is 0 Å². The second-order valence-corrected chi connectivity index (χ2v) is 7.17. The van der Waals surface area contributed by atoms with E-state index in [4.69, 9.17) is 0 Å². The number of amides is 1. The topological polar surface area (TPSA) is 71.8 Å². The highest BCUT2D eigenvalue weighted by atomic mass is 32.2. The van der Waals surface area contributed by atoms with Crippen LogP contribution >= 0.6 is 11.8 Å². The van der Waals surface area contributed by atoms with Crippen molar-refractivity contribution in [2.75, 3.05) is 16.4 Å². The fourth-order valence-corrected chi connectivity index (χ4v) is 3.42. The van der Waals surface area contributed by atoms with Gasteiger partial charge in [0, 0.05) is 17.9 Å². The lowest BCUT2D eigenvalue weighted by molar-refractivity contribution is -0.113. The Kier molecular flexibility index (Phi) is 6.86. The number of anilines is 2. The van der Waals surface area contributed by atoms with Gasteiger partial charge in [-0.25, -0.2) is 0 Å². The van der Waals surface area contributed by atoms with Crippen molar-refractivity contribution in [3.8, 4) is 0 Å². The van der Waals surface area contributed by atoms with Gasteiger partial charge in [0.05, 0.1) is 12.3 Å². The monoisotopic (exact) mass is 393 g/mol. The van der Waals surface area contributed by atoms with Gasteiger partial charge in [0.2, 0.25) is 5.91 Å². The molecule has 3 aromatic rings. The van der Waals surface area contributed by atoms with Crippen LogP contribution < -0.4 is 10.6 Å². The highest BCUT2D eigenvalue weighted by Gasteiger charge is 2.13. The molecule has 0 saturated carbocycles. The van der Waals surface area contributed by atoms with Gasteiger partial charge in [-0.15, -0.1) is 16.8 Å². The molecule has 1 aromatic heterocycles. The average Bonchev–Trinajstić information content (AvgIpc) is 3.08. The Morgan fingerprint density at radius 2 is 1.93 bits per heavy atom. The van der Waals surface area contributed by atoms with Gasteiger partial charge < -0.3 is 15.2 Å². The Hall–Kier alpha value is -3.06. The largest absolute Gasteiger partial charge is 0.378 e. The van der Waals surface area contributed by atoms with E-state index in [-0.39, 0.29) is 11.7 Å². The zero-order chi connectivity index (χ0) is 19.8. The number of aryl methyl sites for hydroxylation is 1. The number of rotatable bonds is 9. The number of allylic oxidation sites excluding steroid dienone is 1. The number of carbonyl (C=O) groups excluding carboxylic acids is 1. The van der Waals surface area contributed by atoms with Crippen LogP contribution in [-0.4, -0.2) is 26.4 Å². The summed E-state index contributed by atoms with van der Waals surface area (Å²) in [6.07, 6.45) is 1.80. The number of hydrogen-bond donors (Lipinski definition) is 2. The molecular weight excluding hydrogens is 370 g/mol. The van der Waals surface area contributed by atoms with Crippen molar-refractivity contribution in [2.24, 2.45) is 0 Å². The smallest absolute Gasteiger partial charge is 0.234 e. The lowest BCUT2D eigenvalue weighted by Gasteiger charge is -2.09. The number of thioether (sulfide) groups is 1. The van der Waals surface area contributed by atoms with E-state index in [1.54, 1.807) is 6.08 Å². The number of nitrogens with zero attached hydrogens (tertiary/aromatic N) is 3. The summed E-state index contributed by atoms with van der Waals surface area (Å²) in [6, 6.07) is 17.7. The second-order valence-electron chi connectivity index (χ2n) is 6.22. The number of para-hydroxylation sites is 1. The van der Waals surface area contributed by atoms with Crippen LogP contribution in [0.3, 0.4) is 0 Å². The maximum atomic E-state index is 12.3. The van der Waals surface area contributed by atoms with Crippen molar-refractivity contribution >= 4 is 29.0 Å². The maximum Gasteiger partial charge on any atom is 0.234 e. The molecule has 2 aromatic carbocycles. The molecule has 7 heteroatoms. The normalized spacial score (nSPS) is 10.5. The third-order valence-electron chi connectivity index (χ3n) is 3.96. The van der Waals surface area contributed by atoms with Crippen LogP contribution in [0.2, 0.25) is 0 Å². The molecule has 0 bridgehead atoms. The summed E-state index contributed by atoms with van der Waals surface area (Å²) in [5.74, 6) is 0.980. The molecule has 0 radical (unpaired) electrons. The van der Waals surface area contributed by atoms with Gasteiger partial charge in [-0.3, -0.25) is 4.79 Å². The van der Waals surface area contributed by atoms with Crippen molar-refractivity contribution < 1.29 is 4.79 Å². The van der Waals surface area contributed by atoms with Gasteiger partial charge in [-0.2, -0.15) is 0 Å². The molecule has 0 spiro atoms. The molecule has 0 unspecified atom stereocenters. The maximum absolute atomic E-state index is 12.3. The van der Waals surface area contributed by atoms with Crippen LogP contribution in [0.1, 0.15) is 11.4 Å². The van der Waals surface area contributed by atoms with Gasteiger partial charge in [-0.05, 0) is 36.8 Å².